The molecule has 1 amide bonds. The van der Waals surface area contributed by atoms with Crippen molar-refractivity contribution in [1.82, 2.24) is 0 Å². The van der Waals surface area contributed by atoms with Crippen LogP contribution in [0, 0.1) is 17.2 Å². The zero-order valence-electron chi connectivity index (χ0n) is 13.0. The fourth-order valence-electron chi connectivity index (χ4n) is 2.87. The summed E-state index contributed by atoms with van der Waals surface area (Å²) in [7, 11) is 0. The molecule has 6 heteroatoms. The van der Waals surface area contributed by atoms with Crippen LogP contribution in [0.5, 0.6) is 0 Å². The van der Waals surface area contributed by atoms with E-state index in [0.717, 1.165) is 30.1 Å². The zero-order valence-corrected chi connectivity index (χ0v) is 13.9. The molecule has 0 bridgehead atoms. The first-order valence-electron chi connectivity index (χ1n) is 7.70. The maximum atomic E-state index is 11.9. The van der Waals surface area contributed by atoms with Gasteiger partial charge in [-0.15, -0.1) is 11.3 Å². The van der Waals surface area contributed by atoms with Crippen molar-refractivity contribution >= 4 is 27.8 Å². The van der Waals surface area contributed by atoms with Crippen LogP contribution < -0.4 is 10.6 Å². The summed E-state index contributed by atoms with van der Waals surface area (Å²) in [5.41, 5.74) is 7.74. The number of ether oxygens (including phenoxy) is 1. The van der Waals surface area contributed by atoms with Crippen LogP contribution >= 0.6 is 11.3 Å². The fraction of sp³-hybridized carbons (Fsp3) is 0.412. The summed E-state index contributed by atoms with van der Waals surface area (Å²) in [6.45, 7) is 4.84. The number of carbonyl (C=O) groups excluding carboxylic acids is 1. The monoisotopic (exact) mass is 329 g/mol. The molecular formula is C17H19N3O2S. The van der Waals surface area contributed by atoms with Gasteiger partial charge in [-0.2, -0.15) is 5.26 Å². The van der Waals surface area contributed by atoms with E-state index in [1.54, 1.807) is 0 Å². The summed E-state index contributed by atoms with van der Waals surface area (Å²) in [6.07, 6.45) is 7.08. The topological polar surface area (TPSA) is 79.3 Å². The van der Waals surface area contributed by atoms with E-state index < -0.39 is 5.91 Å². The highest BCUT2D eigenvalue weighted by atomic mass is 32.1. The molecule has 0 radical (unpaired) electrons. The SMILES string of the molecule is C[C@@H]1C=CC(c2c(C(N)=O)sc(N3CCOCC3)c2C#N)=CC1. The number of hydrogen-bond donors (Lipinski definition) is 1. The number of morpholine rings is 1. The lowest BCUT2D eigenvalue weighted by Crippen LogP contribution is -2.36. The van der Waals surface area contributed by atoms with Crippen molar-refractivity contribution in [3.63, 3.8) is 0 Å². The van der Waals surface area contributed by atoms with Gasteiger partial charge in [-0.1, -0.05) is 25.2 Å². The summed E-state index contributed by atoms with van der Waals surface area (Å²) in [4.78, 5) is 14.5. The number of nitrogens with zero attached hydrogens (tertiary/aromatic N) is 2. The maximum Gasteiger partial charge on any atom is 0.259 e. The minimum absolute atomic E-state index is 0.466. The molecule has 0 spiro atoms. The number of thiophene rings is 1. The fourth-order valence-corrected chi connectivity index (χ4v) is 4.05. The second kappa shape index (κ2) is 6.57. The van der Waals surface area contributed by atoms with Crippen LogP contribution in [0.3, 0.4) is 0 Å². The van der Waals surface area contributed by atoms with Crippen molar-refractivity contribution in [3.05, 3.63) is 34.2 Å². The van der Waals surface area contributed by atoms with Gasteiger partial charge in [-0.3, -0.25) is 4.79 Å². The highest BCUT2D eigenvalue weighted by molar-refractivity contribution is 7.18. The van der Waals surface area contributed by atoms with E-state index in [1.165, 1.54) is 11.3 Å². The van der Waals surface area contributed by atoms with E-state index >= 15 is 0 Å². The largest absolute Gasteiger partial charge is 0.378 e. The zero-order chi connectivity index (χ0) is 16.4. The number of nitriles is 1. The van der Waals surface area contributed by atoms with Gasteiger partial charge in [-0.25, -0.2) is 0 Å². The number of rotatable bonds is 3. The Kier molecular flexibility index (Phi) is 4.51. The van der Waals surface area contributed by atoms with Crippen molar-refractivity contribution in [1.29, 1.82) is 5.26 Å². The number of nitrogens with two attached hydrogens (primary N) is 1. The molecule has 120 valence electrons. The molecule has 23 heavy (non-hydrogen) atoms. The van der Waals surface area contributed by atoms with Gasteiger partial charge < -0.3 is 15.4 Å². The molecule has 1 aromatic heterocycles. The predicted octanol–water partition coefficient (Wildman–Crippen LogP) is 2.53. The molecular weight excluding hydrogens is 310 g/mol. The first-order valence-corrected chi connectivity index (χ1v) is 8.51. The van der Waals surface area contributed by atoms with Gasteiger partial charge in [0.15, 0.2) is 0 Å². The van der Waals surface area contributed by atoms with Crippen molar-refractivity contribution in [2.24, 2.45) is 11.7 Å². The highest BCUT2D eigenvalue weighted by Gasteiger charge is 2.27. The van der Waals surface area contributed by atoms with Crippen molar-refractivity contribution in [3.8, 4) is 6.07 Å². The molecule has 3 rings (SSSR count). The molecule has 5 nitrogen and oxygen atoms in total. The van der Waals surface area contributed by atoms with Gasteiger partial charge in [0.05, 0.1) is 18.8 Å². The van der Waals surface area contributed by atoms with Crippen LogP contribution in [-0.2, 0) is 4.74 Å². The molecule has 2 N–H and O–H groups in total. The van der Waals surface area contributed by atoms with Crippen LogP contribution in [0.4, 0.5) is 5.00 Å². The number of carbonyl (C=O) groups is 1. The summed E-state index contributed by atoms with van der Waals surface area (Å²) in [5, 5.41) is 10.5. The number of hydrogen-bond acceptors (Lipinski definition) is 5. The minimum Gasteiger partial charge on any atom is -0.378 e. The molecule has 1 aliphatic carbocycles. The lowest BCUT2D eigenvalue weighted by atomic mass is 9.92. The first kappa shape index (κ1) is 15.8. The number of amides is 1. The Balaban J connectivity index is 2.10. The van der Waals surface area contributed by atoms with Gasteiger partial charge in [0, 0.05) is 18.7 Å². The Morgan fingerprint density at radius 2 is 2.22 bits per heavy atom. The molecule has 1 atom stereocenters. The molecule has 1 saturated heterocycles. The standard InChI is InChI=1S/C17H19N3O2S/c1-11-2-4-12(5-3-11)14-13(10-18)17(23-15(14)16(19)21)20-6-8-22-9-7-20/h2,4-5,11H,3,6-9H2,1H3,(H2,19,21)/t11-/m1/s1. The summed E-state index contributed by atoms with van der Waals surface area (Å²) in [5.74, 6) is -0.00686. The third-order valence-corrected chi connectivity index (χ3v) is 5.39. The molecule has 2 aliphatic rings. The van der Waals surface area contributed by atoms with Gasteiger partial charge in [0.2, 0.25) is 0 Å². The average Bonchev–Trinajstić information content (AvgIpc) is 2.96. The maximum absolute atomic E-state index is 11.9. The molecule has 1 aliphatic heterocycles. The van der Waals surface area contributed by atoms with Gasteiger partial charge in [0.25, 0.3) is 5.91 Å². The Hall–Kier alpha value is -2.10. The Morgan fingerprint density at radius 1 is 1.48 bits per heavy atom. The highest BCUT2D eigenvalue weighted by Crippen LogP contribution is 2.41. The third kappa shape index (κ3) is 3.03. The van der Waals surface area contributed by atoms with Gasteiger partial charge >= 0.3 is 0 Å². The quantitative estimate of drug-likeness (QED) is 0.924. The van der Waals surface area contributed by atoms with Gasteiger partial charge in [-0.05, 0) is 17.9 Å². The van der Waals surface area contributed by atoms with Crippen LogP contribution in [-0.4, -0.2) is 32.2 Å². The molecule has 2 heterocycles. The van der Waals surface area contributed by atoms with Crippen molar-refractivity contribution in [2.45, 2.75) is 13.3 Å². The molecule has 0 aromatic carbocycles. The van der Waals surface area contributed by atoms with Crippen molar-refractivity contribution in [2.75, 3.05) is 31.2 Å². The predicted molar refractivity (Wildman–Crippen MR) is 91.5 cm³/mol. The summed E-state index contributed by atoms with van der Waals surface area (Å²) >= 11 is 1.32. The van der Waals surface area contributed by atoms with Crippen LogP contribution in [0.15, 0.2) is 18.2 Å². The Bertz CT molecular complexity index is 721. The van der Waals surface area contributed by atoms with E-state index in [-0.39, 0.29) is 0 Å². The first-order chi connectivity index (χ1) is 11.1. The average molecular weight is 329 g/mol. The number of anilines is 1. The van der Waals surface area contributed by atoms with E-state index in [2.05, 4.69) is 30.0 Å². The normalized spacial score (nSPS) is 21.0. The lowest BCUT2D eigenvalue weighted by molar-refractivity contribution is 0.100. The summed E-state index contributed by atoms with van der Waals surface area (Å²) in [6, 6.07) is 2.29. The molecule has 0 unspecified atom stereocenters. The number of primary amides is 1. The van der Waals surface area contributed by atoms with E-state index in [1.807, 2.05) is 6.08 Å². The summed E-state index contributed by atoms with van der Waals surface area (Å²) < 4.78 is 5.37. The molecule has 1 aromatic rings. The van der Waals surface area contributed by atoms with E-state index in [9.17, 15) is 10.1 Å². The van der Waals surface area contributed by atoms with E-state index in [4.69, 9.17) is 10.5 Å². The number of allylic oxidation sites excluding steroid dienone is 4. The molecule has 0 saturated carbocycles. The van der Waals surface area contributed by atoms with E-state index in [0.29, 0.717) is 35.1 Å². The smallest absolute Gasteiger partial charge is 0.259 e. The third-order valence-electron chi connectivity index (χ3n) is 4.13. The Labute approximate surface area is 139 Å². The lowest BCUT2D eigenvalue weighted by Gasteiger charge is -2.27. The van der Waals surface area contributed by atoms with Crippen molar-refractivity contribution < 1.29 is 9.53 Å². The van der Waals surface area contributed by atoms with Crippen LogP contribution in [0.25, 0.3) is 5.57 Å². The molecule has 1 fully saturated rings. The second-order valence-electron chi connectivity index (χ2n) is 5.79. The van der Waals surface area contributed by atoms with Gasteiger partial charge in [0.1, 0.15) is 15.9 Å². The van der Waals surface area contributed by atoms with Crippen LogP contribution in [0.1, 0.15) is 34.1 Å². The Morgan fingerprint density at radius 3 is 2.78 bits per heavy atom. The van der Waals surface area contributed by atoms with Crippen LogP contribution in [0.2, 0.25) is 0 Å². The minimum atomic E-state index is -0.478. The second-order valence-corrected chi connectivity index (χ2v) is 6.79.